The SMILES string of the molecule is COc1ccc(C(CC(=O)N2CCc3ccccc3C2)N2Cc3ccccc3C2=O)cc1OC. The van der Waals surface area contributed by atoms with E-state index >= 15 is 0 Å². The Bertz CT molecular complexity index is 1240. The van der Waals surface area contributed by atoms with Gasteiger partial charge in [0.1, 0.15) is 0 Å². The van der Waals surface area contributed by atoms with E-state index in [0.29, 0.717) is 36.7 Å². The number of amides is 2. The fourth-order valence-corrected chi connectivity index (χ4v) is 5.00. The van der Waals surface area contributed by atoms with Gasteiger partial charge in [0.05, 0.1) is 26.7 Å². The lowest BCUT2D eigenvalue weighted by molar-refractivity contribution is -0.133. The van der Waals surface area contributed by atoms with Gasteiger partial charge in [-0.15, -0.1) is 0 Å². The molecule has 2 aliphatic heterocycles. The molecule has 174 valence electrons. The molecule has 0 saturated heterocycles. The van der Waals surface area contributed by atoms with Crippen molar-refractivity contribution in [2.45, 2.75) is 32.0 Å². The van der Waals surface area contributed by atoms with Gasteiger partial charge in [-0.2, -0.15) is 0 Å². The lowest BCUT2D eigenvalue weighted by Crippen LogP contribution is -2.39. The van der Waals surface area contributed by atoms with Gasteiger partial charge in [-0.3, -0.25) is 9.59 Å². The fraction of sp³-hybridized carbons (Fsp3) is 0.286. The fourth-order valence-electron chi connectivity index (χ4n) is 5.00. The molecule has 34 heavy (non-hydrogen) atoms. The summed E-state index contributed by atoms with van der Waals surface area (Å²) in [5.41, 5.74) is 5.02. The third kappa shape index (κ3) is 4.00. The van der Waals surface area contributed by atoms with Crippen LogP contribution in [0.25, 0.3) is 0 Å². The summed E-state index contributed by atoms with van der Waals surface area (Å²) in [7, 11) is 3.18. The normalized spacial score (nSPS) is 15.5. The number of hydrogen-bond donors (Lipinski definition) is 0. The smallest absolute Gasteiger partial charge is 0.255 e. The Labute approximate surface area is 199 Å². The number of methoxy groups -OCH3 is 2. The monoisotopic (exact) mass is 456 g/mol. The Balaban J connectivity index is 1.45. The van der Waals surface area contributed by atoms with Crippen LogP contribution in [0.5, 0.6) is 11.5 Å². The average molecular weight is 457 g/mol. The van der Waals surface area contributed by atoms with E-state index < -0.39 is 6.04 Å². The second-order valence-electron chi connectivity index (χ2n) is 8.76. The van der Waals surface area contributed by atoms with Gasteiger partial charge < -0.3 is 19.3 Å². The number of benzene rings is 3. The molecule has 6 nitrogen and oxygen atoms in total. The Morgan fingerprint density at radius 2 is 1.59 bits per heavy atom. The maximum Gasteiger partial charge on any atom is 0.255 e. The highest BCUT2D eigenvalue weighted by Crippen LogP contribution is 2.38. The van der Waals surface area contributed by atoms with Crippen LogP contribution >= 0.6 is 0 Å². The first kappa shape index (κ1) is 22.0. The summed E-state index contributed by atoms with van der Waals surface area (Å²) in [5, 5.41) is 0. The molecule has 3 aromatic rings. The molecule has 1 atom stereocenters. The van der Waals surface area contributed by atoms with Crippen molar-refractivity contribution in [2.24, 2.45) is 0 Å². The summed E-state index contributed by atoms with van der Waals surface area (Å²) in [6, 6.07) is 21.1. The number of carbonyl (C=O) groups is 2. The maximum absolute atomic E-state index is 13.5. The van der Waals surface area contributed by atoms with Gasteiger partial charge in [-0.1, -0.05) is 48.5 Å². The summed E-state index contributed by atoms with van der Waals surface area (Å²) in [4.78, 5) is 30.6. The van der Waals surface area contributed by atoms with Crippen LogP contribution in [0, 0.1) is 0 Å². The lowest BCUT2D eigenvalue weighted by atomic mass is 9.97. The van der Waals surface area contributed by atoms with Crippen molar-refractivity contribution < 1.29 is 19.1 Å². The minimum atomic E-state index is -0.413. The van der Waals surface area contributed by atoms with E-state index in [1.807, 2.05) is 64.4 Å². The zero-order valence-corrected chi connectivity index (χ0v) is 19.5. The van der Waals surface area contributed by atoms with Crippen molar-refractivity contribution in [3.05, 3.63) is 94.5 Å². The number of nitrogens with zero attached hydrogens (tertiary/aromatic N) is 2. The zero-order chi connectivity index (χ0) is 23.7. The van der Waals surface area contributed by atoms with Crippen molar-refractivity contribution in [3.8, 4) is 11.5 Å². The van der Waals surface area contributed by atoms with E-state index in [-0.39, 0.29) is 18.2 Å². The van der Waals surface area contributed by atoms with Gasteiger partial charge in [0.2, 0.25) is 5.91 Å². The highest BCUT2D eigenvalue weighted by Gasteiger charge is 2.36. The first-order valence-corrected chi connectivity index (χ1v) is 11.5. The topological polar surface area (TPSA) is 59.1 Å². The number of ether oxygens (including phenoxy) is 2. The van der Waals surface area contributed by atoms with Crippen molar-refractivity contribution in [3.63, 3.8) is 0 Å². The predicted octanol–water partition coefficient (Wildman–Crippen LogP) is 4.38. The standard InChI is InChI=1S/C28H28N2O4/c1-33-25-12-11-20(15-26(25)34-2)24(30-18-22-9-5-6-10-23(22)28(30)32)16-27(31)29-14-13-19-7-3-4-8-21(19)17-29/h3-12,15,24H,13-14,16-18H2,1-2H3. The third-order valence-electron chi connectivity index (χ3n) is 6.87. The molecular weight excluding hydrogens is 428 g/mol. The molecule has 5 rings (SSSR count). The van der Waals surface area contributed by atoms with Crippen molar-refractivity contribution >= 4 is 11.8 Å². The van der Waals surface area contributed by atoms with E-state index in [1.165, 1.54) is 11.1 Å². The Hall–Kier alpha value is -3.80. The van der Waals surface area contributed by atoms with Crippen LogP contribution < -0.4 is 9.47 Å². The summed E-state index contributed by atoms with van der Waals surface area (Å²) in [6.07, 6.45) is 1.05. The number of rotatable bonds is 6. The molecule has 0 saturated carbocycles. The summed E-state index contributed by atoms with van der Waals surface area (Å²) in [5.74, 6) is 1.18. The largest absolute Gasteiger partial charge is 0.493 e. The average Bonchev–Trinajstić information content (AvgIpc) is 3.22. The minimum absolute atomic E-state index is 0.0399. The van der Waals surface area contributed by atoms with Crippen LogP contribution in [-0.2, 0) is 24.3 Å². The molecule has 0 N–H and O–H groups in total. The van der Waals surface area contributed by atoms with Crippen LogP contribution in [0.15, 0.2) is 66.7 Å². The first-order chi connectivity index (χ1) is 16.6. The minimum Gasteiger partial charge on any atom is -0.493 e. The molecule has 1 unspecified atom stereocenters. The van der Waals surface area contributed by atoms with Gasteiger partial charge in [-0.05, 0) is 46.9 Å². The lowest BCUT2D eigenvalue weighted by Gasteiger charge is -2.33. The molecule has 6 heteroatoms. The molecule has 0 aliphatic carbocycles. The molecule has 0 spiro atoms. The molecule has 0 radical (unpaired) electrons. The third-order valence-corrected chi connectivity index (χ3v) is 6.87. The molecule has 0 aromatic heterocycles. The number of carbonyl (C=O) groups excluding carboxylic acids is 2. The van der Waals surface area contributed by atoms with E-state index in [4.69, 9.17) is 9.47 Å². The summed E-state index contributed by atoms with van der Waals surface area (Å²) >= 11 is 0. The number of fused-ring (bicyclic) bond motifs is 2. The van der Waals surface area contributed by atoms with Crippen LogP contribution in [-0.4, -0.2) is 42.4 Å². The predicted molar refractivity (Wildman–Crippen MR) is 129 cm³/mol. The summed E-state index contributed by atoms with van der Waals surface area (Å²) in [6.45, 7) is 1.76. The highest BCUT2D eigenvalue weighted by molar-refractivity contribution is 5.98. The van der Waals surface area contributed by atoms with Crippen molar-refractivity contribution in [1.82, 2.24) is 9.80 Å². The second-order valence-corrected chi connectivity index (χ2v) is 8.76. The van der Waals surface area contributed by atoms with Crippen LogP contribution in [0.2, 0.25) is 0 Å². The van der Waals surface area contributed by atoms with Crippen molar-refractivity contribution in [1.29, 1.82) is 0 Å². The molecule has 0 bridgehead atoms. The van der Waals surface area contributed by atoms with Crippen LogP contribution in [0.4, 0.5) is 0 Å². The summed E-state index contributed by atoms with van der Waals surface area (Å²) < 4.78 is 10.9. The van der Waals surface area contributed by atoms with Gasteiger partial charge in [0, 0.05) is 25.2 Å². The molecule has 2 amide bonds. The van der Waals surface area contributed by atoms with Gasteiger partial charge >= 0.3 is 0 Å². The van der Waals surface area contributed by atoms with Crippen LogP contribution in [0.1, 0.15) is 45.1 Å². The number of hydrogen-bond acceptors (Lipinski definition) is 4. The van der Waals surface area contributed by atoms with Crippen LogP contribution in [0.3, 0.4) is 0 Å². The molecule has 0 fully saturated rings. The zero-order valence-electron chi connectivity index (χ0n) is 19.5. The second kappa shape index (κ2) is 9.21. The highest BCUT2D eigenvalue weighted by atomic mass is 16.5. The molecule has 2 heterocycles. The molecule has 3 aromatic carbocycles. The molecule has 2 aliphatic rings. The Kier molecular flexibility index (Phi) is 5.97. The first-order valence-electron chi connectivity index (χ1n) is 11.5. The quantitative estimate of drug-likeness (QED) is 0.553. The van der Waals surface area contributed by atoms with Crippen molar-refractivity contribution in [2.75, 3.05) is 20.8 Å². The van der Waals surface area contributed by atoms with E-state index in [0.717, 1.165) is 17.5 Å². The van der Waals surface area contributed by atoms with Gasteiger partial charge in [0.25, 0.3) is 5.91 Å². The molecular formula is C28H28N2O4. The van der Waals surface area contributed by atoms with E-state index in [2.05, 4.69) is 12.1 Å². The van der Waals surface area contributed by atoms with E-state index in [1.54, 1.807) is 14.2 Å². The Morgan fingerprint density at radius 3 is 2.32 bits per heavy atom. The van der Waals surface area contributed by atoms with Gasteiger partial charge in [-0.25, -0.2) is 0 Å². The maximum atomic E-state index is 13.5. The van der Waals surface area contributed by atoms with Gasteiger partial charge in [0.15, 0.2) is 11.5 Å². The Morgan fingerprint density at radius 1 is 0.882 bits per heavy atom. The van der Waals surface area contributed by atoms with E-state index in [9.17, 15) is 9.59 Å².